The van der Waals surface area contributed by atoms with E-state index in [0.29, 0.717) is 11.4 Å². The van der Waals surface area contributed by atoms with E-state index in [1.54, 1.807) is 37.2 Å². The molecule has 3 heterocycles. The van der Waals surface area contributed by atoms with E-state index in [4.69, 9.17) is 9.84 Å². The summed E-state index contributed by atoms with van der Waals surface area (Å²) in [6, 6.07) is 53.9. The highest BCUT2D eigenvalue weighted by Gasteiger charge is 2.33. The van der Waals surface area contributed by atoms with E-state index in [-0.39, 0.29) is 4.47 Å². The molecule has 3 fully saturated rings. The Hall–Kier alpha value is -6.87. The molecule has 10 nitrogen and oxygen atoms in total. The smallest absolute Gasteiger partial charge is 0.417 e. The first-order valence-corrected chi connectivity index (χ1v) is 29.5. The van der Waals surface area contributed by atoms with E-state index in [1.165, 1.54) is 94.7 Å². The minimum absolute atomic E-state index is 0.0654. The standard InChI is InChI=1S/C11H15N.C11H17N.C10H14N2.C10H13NO.C10H15N.C9H9BrF3N.C8H11NO/c1-3-7-11(8-4-1)12-9-5-2-6-10-12;1-8-6-9(2)11(12(4)5)10(3)7-8;1-2-4-10(5-3-1)12-8-6-11-7-9-12;1-2-4-10(5-3-1)11-6-8-12-9-7-11;1-8-6-5-7-9(2)10(8)11(3)4;1-14(2)6-3-4-8(10)7(5-6)9(11,12)13;1-9(2)7-4-3-5-8(10)6-7/h1,3-4,7-8H,2,5-6,9-10H2;6-7H,1-5H3;1-5,11H,6-9H2;1-5H,6-9H2;5-7H,1-4H3;3-5H,1-2H3;3-6,10H,1-2H3. The highest BCUT2D eigenvalue weighted by atomic mass is 79.9. The van der Waals surface area contributed by atoms with Gasteiger partial charge in [-0.1, -0.05) is 112 Å². The number of phenols is 1. The van der Waals surface area contributed by atoms with Crippen molar-refractivity contribution < 1.29 is 23.0 Å². The summed E-state index contributed by atoms with van der Waals surface area (Å²) in [6.07, 6.45) is -0.196. The van der Waals surface area contributed by atoms with Crippen molar-refractivity contribution in [3.05, 3.63) is 202 Å². The number of morpholine rings is 1. The highest BCUT2D eigenvalue weighted by molar-refractivity contribution is 9.10. The molecule has 0 bridgehead atoms. The topological polar surface area (TPSA) is 64.2 Å². The molecule has 7 aromatic rings. The number of para-hydroxylation sites is 4. The molecule has 3 aliphatic heterocycles. The zero-order valence-electron chi connectivity index (χ0n) is 51.8. The average molecular weight is 1200 g/mol. The summed E-state index contributed by atoms with van der Waals surface area (Å²) in [7, 11) is 15.6. The average Bonchev–Trinajstić information content (AvgIpc) is 3.47. The minimum Gasteiger partial charge on any atom is -0.508 e. The predicted octanol–water partition coefficient (Wildman–Crippen LogP) is 15.3. The van der Waals surface area contributed by atoms with Crippen LogP contribution in [0.15, 0.2) is 168 Å². The number of anilines is 7. The molecule has 10 rings (SSSR count). The van der Waals surface area contributed by atoms with Crippen molar-refractivity contribution in [2.75, 3.05) is 156 Å². The van der Waals surface area contributed by atoms with Crippen LogP contribution in [0.4, 0.5) is 53.0 Å². The Morgan fingerprint density at radius 2 is 0.855 bits per heavy atom. The number of aromatic hydroxyl groups is 1. The van der Waals surface area contributed by atoms with Crippen LogP contribution in [0.5, 0.6) is 5.75 Å². The summed E-state index contributed by atoms with van der Waals surface area (Å²) in [5, 5.41) is 12.4. The molecular formula is C69H94BrF3N8O2. The Labute approximate surface area is 505 Å². The van der Waals surface area contributed by atoms with Gasteiger partial charge >= 0.3 is 6.18 Å². The molecule has 0 amide bonds. The number of piperazine rings is 1. The van der Waals surface area contributed by atoms with Crippen LogP contribution in [0, 0.1) is 34.6 Å². The fraction of sp³-hybridized carbons (Fsp3) is 0.391. The van der Waals surface area contributed by atoms with Crippen molar-refractivity contribution in [3.63, 3.8) is 0 Å². The third-order valence-corrected chi connectivity index (χ3v) is 14.6. The summed E-state index contributed by atoms with van der Waals surface area (Å²) in [5.74, 6) is 0.311. The van der Waals surface area contributed by atoms with Crippen molar-refractivity contribution in [2.24, 2.45) is 0 Å². The molecular weight excluding hydrogens is 1110 g/mol. The number of nitrogens with one attached hydrogen (secondary N) is 1. The summed E-state index contributed by atoms with van der Waals surface area (Å²) in [6.45, 7) is 21.4. The van der Waals surface area contributed by atoms with Crippen molar-refractivity contribution in [1.82, 2.24) is 5.32 Å². The number of rotatable bonds is 7. The summed E-state index contributed by atoms with van der Waals surface area (Å²) < 4.78 is 42.7. The lowest BCUT2D eigenvalue weighted by atomic mass is 10.0. The van der Waals surface area contributed by atoms with Gasteiger partial charge in [0.25, 0.3) is 0 Å². The number of ether oxygens (including phenoxy) is 1. The van der Waals surface area contributed by atoms with E-state index in [0.717, 1.165) is 64.2 Å². The first-order chi connectivity index (χ1) is 39.6. The molecule has 0 spiro atoms. The van der Waals surface area contributed by atoms with E-state index < -0.39 is 11.7 Å². The number of hydrogen-bond donors (Lipinski definition) is 2. The summed E-state index contributed by atoms with van der Waals surface area (Å²) in [5.41, 5.74) is 14.4. The van der Waals surface area contributed by atoms with Crippen LogP contribution in [0.1, 0.15) is 52.6 Å². The second-order valence-electron chi connectivity index (χ2n) is 21.6. The predicted molar refractivity (Wildman–Crippen MR) is 355 cm³/mol. The maximum atomic E-state index is 12.4. The monoisotopic (exact) mass is 1200 g/mol. The molecule has 2 N–H and O–H groups in total. The van der Waals surface area contributed by atoms with Crippen molar-refractivity contribution in [1.29, 1.82) is 0 Å². The van der Waals surface area contributed by atoms with Gasteiger partial charge < -0.3 is 49.5 Å². The van der Waals surface area contributed by atoms with Crippen molar-refractivity contribution in [2.45, 2.75) is 60.1 Å². The van der Waals surface area contributed by atoms with Crippen molar-refractivity contribution >= 4 is 55.7 Å². The van der Waals surface area contributed by atoms with Crippen LogP contribution in [0.3, 0.4) is 0 Å². The lowest BCUT2D eigenvalue weighted by Gasteiger charge is -2.29. The van der Waals surface area contributed by atoms with Crippen LogP contribution in [0.25, 0.3) is 0 Å². The number of hydrogen-bond acceptors (Lipinski definition) is 10. The van der Waals surface area contributed by atoms with Gasteiger partial charge in [0.1, 0.15) is 5.75 Å². The van der Waals surface area contributed by atoms with Crippen LogP contribution >= 0.6 is 15.9 Å². The number of benzene rings is 7. The zero-order chi connectivity index (χ0) is 60.9. The molecule has 7 aromatic carbocycles. The molecule has 3 aliphatic rings. The Morgan fingerprint density at radius 1 is 0.446 bits per heavy atom. The molecule has 0 radical (unpaired) electrons. The SMILES string of the molecule is CN(C)c1ccc(Br)c(C(F)(F)F)c1.CN(C)c1cccc(O)c1.Cc1cc(C)c(N(C)C)c(C)c1.Cc1cccc(C)c1N(C)C.c1ccc(N2CCCCC2)cc1.c1ccc(N2CCNCC2)cc1.c1ccc(N2CCOCC2)cc1. The number of aryl methyl sites for hydroxylation is 5. The van der Waals surface area contributed by atoms with Gasteiger partial charge in [-0.25, -0.2) is 0 Å². The summed E-state index contributed by atoms with van der Waals surface area (Å²) >= 11 is 2.88. The second-order valence-corrected chi connectivity index (χ2v) is 22.5. The van der Waals surface area contributed by atoms with E-state index >= 15 is 0 Å². The highest BCUT2D eigenvalue weighted by Crippen LogP contribution is 2.37. The minimum atomic E-state index is -4.31. The maximum Gasteiger partial charge on any atom is 0.417 e. The van der Waals surface area contributed by atoms with E-state index in [9.17, 15) is 13.2 Å². The fourth-order valence-electron chi connectivity index (χ4n) is 9.98. The van der Waals surface area contributed by atoms with E-state index in [2.05, 4.69) is 224 Å². The molecule has 0 atom stereocenters. The van der Waals surface area contributed by atoms with Crippen LogP contribution in [0.2, 0.25) is 0 Å². The van der Waals surface area contributed by atoms with Gasteiger partial charge in [-0.3, -0.25) is 0 Å². The normalized spacial score (nSPS) is 13.6. The van der Waals surface area contributed by atoms with Gasteiger partial charge in [-0.05, 0) is 143 Å². The fourth-order valence-corrected chi connectivity index (χ4v) is 10.5. The van der Waals surface area contributed by atoms with Crippen LogP contribution in [-0.4, -0.2) is 127 Å². The second kappa shape index (κ2) is 36.0. The molecule has 0 aliphatic carbocycles. The van der Waals surface area contributed by atoms with Gasteiger partial charge in [0.15, 0.2) is 0 Å². The molecule has 0 saturated carbocycles. The van der Waals surface area contributed by atoms with Crippen LogP contribution < -0.4 is 39.6 Å². The first-order valence-electron chi connectivity index (χ1n) is 28.7. The maximum absolute atomic E-state index is 12.4. The van der Waals surface area contributed by atoms with Gasteiger partial charge in [0.05, 0.1) is 18.8 Å². The Morgan fingerprint density at radius 3 is 1.25 bits per heavy atom. The Kier molecular flexibility index (Phi) is 29.7. The first kappa shape index (κ1) is 68.6. The lowest BCUT2D eigenvalue weighted by molar-refractivity contribution is -0.138. The third-order valence-electron chi connectivity index (χ3n) is 13.9. The van der Waals surface area contributed by atoms with Crippen molar-refractivity contribution in [3.8, 4) is 5.75 Å². The van der Waals surface area contributed by atoms with Gasteiger partial charge in [0.2, 0.25) is 0 Å². The molecule has 3 saturated heterocycles. The number of halogens is 4. The van der Waals surface area contributed by atoms with Gasteiger partial charge in [-0.15, -0.1) is 0 Å². The molecule has 0 unspecified atom stereocenters. The third kappa shape index (κ3) is 24.5. The van der Waals surface area contributed by atoms with Gasteiger partial charge in [-0.2, -0.15) is 13.2 Å². The summed E-state index contributed by atoms with van der Waals surface area (Å²) in [4.78, 5) is 15.1. The number of nitrogens with zero attached hydrogens (tertiary/aromatic N) is 7. The number of alkyl halides is 3. The van der Waals surface area contributed by atoms with Crippen LogP contribution in [-0.2, 0) is 10.9 Å². The van der Waals surface area contributed by atoms with Gasteiger partial charge in [0, 0.05) is 159 Å². The number of phenolic OH excluding ortho intramolecular Hbond substituents is 1. The number of piperidine rings is 1. The Balaban J connectivity index is 0.000000208. The molecule has 450 valence electrons. The largest absolute Gasteiger partial charge is 0.508 e. The molecule has 83 heavy (non-hydrogen) atoms. The molecule has 0 aromatic heterocycles. The zero-order valence-corrected chi connectivity index (χ0v) is 53.4. The lowest BCUT2D eigenvalue weighted by Crippen LogP contribution is -2.43. The molecule has 14 heteroatoms. The Bertz CT molecular complexity index is 2720. The van der Waals surface area contributed by atoms with E-state index in [1.807, 2.05) is 37.2 Å². The quantitative estimate of drug-likeness (QED) is 0.161.